The standard InChI is InChI=1S/C23H47NO3/c1-2-3-4-5-6-7-8-9-10-11-12-13-17-22-27-23(26)18-15-14-16-19-24-20-21-25/h24-25H,2-22H2,1H3. The highest BCUT2D eigenvalue weighted by molar-refractivity contribution is 5.69. The average Bonchev–Trinajstić information content (AvgIpc) is 2.67. The fourth-order valence-electron chi connectivity index (χ4n) is 3.28. The molecule has 0 saturated heterocycles. The predicted molar refractivity (Wildman–Crippen MR) is 115 cm³/mol. The summed E-state index contributed by atoms with van der Waals surface area (Å²) in [6.45, 7) is 4.61. The molecule has 0 bridgehead atoms. The van der Waals surface area contributed by atoms with Gasteiger partial charge in [0.25, 0.3) is 0 Å². The van der Waals surface area contributed by atoms with Crippen LogP contribution in [0.3, 0.4) is 0 Å². The van der Waals surface area contributed by atoms with E-state index in [1.165, 1.54) is 77.0 Å². The zero-order valence-electron chi connectivity index (χ0n) is 18.1. The number of carbonyl (C=O) groups excluding carboxylic acids is 1. The van der Waals surface area contributed by atoms with Crippen LogP contribution in [0, 0.1) is 0 Å². The lowest BCUT2D eigenvalue weighted by molar-refractivity contribution is -0.143. The SMILES string of the molecule is CCCCCCCCCCCCCCCOC(=O)CCCCCNCCO. The third-order valence-electron chi connectivity index (χ3n) is 5.03. The van der Waals surface area contributed by atoms with Gasteiger partial charge in [-0.05, 0) is 25.8 Å². The monoisotopic (exact) mass is 385 g/mol. The Morgan fingerprint density at radius 2 is 1.22 bits per heavy atom. The normalized spacial score (nSPS) is 11.0. The van der Waals surface area contributed by atoms with Crippen LogP contribution in [-0.2, 0) is 9.53 Å². The second kappa shape index (κ2) is 23.4. The zero-order valence-corrected chi connectivity index (χ0v) is 18.1. The Bertz CT molecular complexity index is 297. The number of ether oxygens (including phenoxy) is 1. The van der Waals surface area contributed by atoms with Gasteiger partial charge in [0.05, 0.1) is 13.2 Å². The van der Waals surface area contributed by atoms with Gasteiger partial charge in [0.15, 0.2) is 0 Å². The van der Waals surface area contributed by atoms with Gasteiger partial charge < -0.3 is 15.2 Å². The topological polar surface area (TPSA) is 58.6 Å². The van der Waals surface area contributed by atoms with Crippen molar-refractivity contribution in [2.75, 3.05) is 26.3 Å². The van der Waals surface area contributed by atoms with E-state index in [-0.39, 0.29) is 12.6 Å². The van der Waals surface area contributed by atoms with Crippen LogP contribution in [0.4, 0.5) is 0 Å². The van der Waals surface area contributed by atoms with Gasteiger partial charge in [-0.25, -0.2) is 0 Å². The number of hydrogen-bond acceptors (Lipinski definition) is 4. The Kier molecular flexibility index (Phi) is 22.9. The second-order valence-corrected chi connectivity index (χ2v) is 7.75. The van der Waals surface area contributed by atoms with Crippen LogP contribution < -0.4 is 5.32 Å². The summed E-state index contributed by atoms with van der Waals surface area (Å²) in [6, 6.07) is 0. The summed E-state index contributed by atoms with van der Waals surface area (Å²) in [5.74, 6) is -0.0442. The lowest BCUT2D eigenvalue weighted by Crippen LogP contribution is -2.19. The van der Waals surface area contributed by atoms with Crippen molar-refractivity contribution in [2.45, 2.75) is 116 Å². The molecule has 0 heterocycles. The third kappa shape index (κ3) is 23.4. The lowest BCUT2D eigenvalue weighted by Gasteiger charge is -2.06. The summed E-state index contributed by atoms with van der Waals surface area (Å²) in [7, 11) is 0. The minimum Gasteiger partial charge on any atom is -0.466 e. The molecule has 0 atom stereocenters. The quantitative estimate of drug-likeness (QED) is 0.184. The second-order valence-electron chi connectivity index (χ2n) is 7.75. The van der Waals surface area contributed by atoms with Crippen LogP contribution in [-0.4, -0.2) is 37.4 Å². The van der Waals surface area contributed by atoms with Crippen LogP contribution in [0.2, 0.25) is 0 Å². The first-order valence-corrected chi connectivity index (χ1v) is 11.8. The van der Waals surface area contributed by atoms with E-state index >= 15 is 0 Å². The van der Waals surface area contributed by atoms with E-state index < -0.39 is 0 Å². The van der Waals surface area contributed by atoms with Crippen LogP contribution >= 0.6 is 0 Å². The molecule has 4 nitrogen and oxygen atoms in total. The summed E-state index contributed by atoms with van der Waals surface area (Å²) in [6.07, 6.45) is 20.9. The van der Waals surface area contributed by atoms with Crippen molar-refractivity contribution in [1.29, 1.82) is 0 Å². The molecule has 0 saturated carbocycles. The van der Waals surface area contributed by atoms with Crippen molar-refractivity contribution in [2.24, 2.45) is 0 Å². The van der Waals surface area contributed by atoms with Gasteiger partial charge >= 0.3 is 5.97 Å². The van der Waals surface area contributed by atoms with E-state index in [0.717, 1.165) is 32.2 Å². The van der Waals surface area contributed by atoms with Crippen molar-refractivity contribution in [3.05, 3.63) is 0 Å². The van der Waals surface area contributed by atoms with Gasteiger partial charge in [-0.1, -0.05) is 90.4 Å². The lowest BCUT2D eigenvalue weighted by atomic mass is 10.0. The molecule has 0 aliphatic carbocycles. The first kappa shape index (κ1) is 26.4. The number of carbonyl (C=O) groups is 1. The van der Waals surface area contributed by atoms with Gasteiger partial charge in [0.1, 0.15) is 0 Å². The van der Waals surface area contributed by atoms with Crippen LogP contribution in [0.5, 0.6) is 0 Å². The fraction of sp³-hybridized carbons (Fsp3) is 0.957. The Morgan fingerprint density at radius 3 is 1.78 bits per heavy atom. The smallest absolute Gasteiger partial charge is 0.305 e. The number of rotatable bonds is 22. The largest absolute Gasteiger partial charge is 0.466 e. The minimum atomic E-state index is -0.0442. The highest BCUT2D eigenvalue weighted by atomic mass is 16.5. The summed E-state index contributed by atoms with van der Waals surface area (Å²) in [5.41, 5.74) is 0. The van der Waals surface area contributed by atoms with Crippen molar-refractivity contribution in [1.82, 2.24) is 5.32 Å². The number of aliphatic hydroxyl groups is 1. The van der Waals surface area contributed by atoms with Gasteiger partial charge in [-0.2, -0.15) is 0 Å². The van der Waals surface area contributed by atoms with Crippen molar-refractivity contribution < 1.29 is 14.6 Å². The molecule has 0 aliphatic rings. The van der Waals surface area contributed by atoms with E-state index in [0.29, 0.717) is 19.6 Å². The maximum atomic E-state index is 11.6. The highest BCUT2D eigenvalue weighted by Gasteiger charge is 2.02. The van der Waals surface area contributed by atoms with E-state index in [1.807, 2.05) is 0 Å². The summed E-state index contributed by atoms with van der Waals surface area (Å²) >= 11 is 0. The predicted octanol–water partition coefficient (Wildman–Crippen LogP) is 5.76. The summed E-state index contributed by atoms with van der Waals surface area (Å²) in [5, 5.41) is 11.8. The maximum absolute atomic E-state index is 11.6. The molecule has 0 aromatic heterocycles. The molecule has 0 aromatic carbocycles. The first-order valence-electron chi connectivity index (χ1n) is 11.8. The Labute approximate surface area is 168 Å². The Balaban J connectivity index is 3.11. The molecule has 0 amide bonds. The van der Waals surface area contributed by atoms with Gasteiger partial charge in [0, 0.05) is 13.0 Å². The molecule has 0 unspecified atom stereocenters. The molecule has 0 radical (unpaired) electrons. The van der Waals surface area contributed by atoms with Crippen LogP contribution in [0.15, 0.2) is 0 Å². The van der Waals surface area contributed by atoms with Crippen LogP contribution in [0.25, 0.3) is 0 Å². The van der Waals surface area contributed by atoms with E-state index in [2.05, 4.69) is 12.2 Å². The van der Waals surface area contributed by atoms with Gasteiger partial charge in [-0.15, -0.1) is 0 Å². The molecule has 4 heteroatoms. The van der Waals surface area contributed by atoms with E-state index in [4.69, 9.17) is 9.84 Å². The molecule has 0 aliphatic heterocycles. The molecular formula is C23H47NO3. The molecule has 0 spiro atoms. The van der Waals surface area contributed by atoms with Crippen molar-refractivity contribution >= 4 is 5.97 Å². The fourth-order valence-corrected chi connectivity index (χ4v) is 3.28. The minimum absolute atomic E-state index is 0.0442. The van der Waals surface area contributed by atoms with Gasteiger partial charge in [-0.3, -0.25) is 4.79 Å². The maximum Gasteiger partial charge on any atom is 0.305 e. The number of nitrogens with one attached hydrogen (secondary N) is 1. The summed E-state index contributed by atoms with van der Waals surface area (Å²) in [4.78, 5) is 11.6. The highest BCUT2D eigenvalue weighted by Crippen LogP contribution is 2.12. The average molecular weight is 386 g/mol. The van der Waals surface area contributed by atoms with Crippen LogP contribution in [0.1, 0.15) is 116 Å². The third-order valence-corrected chi connectivity index (χ3v) is 5.03. The number of unbranched alkanes of at least 4 members (excludes halogenated alkanes) is 14. The zero-order chi connectivity index (χ0) is 19.8. The Hall–Kier alpha value is -0.610. The summed E-state index contributed by atoms with van der Waals surface area (Å²) < 4.78 is 5.30. The first-order chi connectivity index (χ1) is 13.3. The van der Waals surface area contributed by atoms with E-state index in [1.54, 1.807) is 0 Å². The number of hydrogen-bond donors (Lipinski definition) is 2. The Morgan fingerprint density at radius 1 is 0.704 bits per heavy atom. The molecule has 0 aromatic rings. The molecule has 2 N–H and O–H groups in total. The molecule has 0 fully saturated rings. The number of esters is 1. The van der Waals surface area contributed by atoms with Gasteiger partial charge in [0.2, 0.25) is 0 Å². The molecule has 27 heavy (non-hydrogen) atoms. The van der Waals surface area contributed by atoms with Crippen molar-refractivity contribution in [3.8, 4) is 0 Å². The van der Waals surface area contributed by atoms with E-state index in [9.17, 15) is 4.79 Å². The van der Waals surface area contributed by atoms with Crippen molar-refractivity contribution in [3.63, 3.8) is 0 Å². The molecule has 0 rings (SSSR count). The molecule has 162 valence electrons. The number of aliphatic hydroxyl groups excluding tert-OH is 1. The molecular weight excluding hydrogens is 338 g/mol.